The second-order valence-corrected chi connectivity index (χ2v) is 4.33. The number of carbonyl (C=O) groups is 2. The zero-order valence-electron chi connectivity index (χ0n) is 10.8. The van der Waals surface area contributed by atoms with Crippen LogP contribution in [0.1, 0.15) is 37.0 Å². The number of amides is 1. The maximum absolute atomic E-state index is 11.7. The lowest BCUT2D eigenvalue weighted by atomic mass is 10.1. The number of aromatic nitrogens is 3. The van der Waals surface area contributed by atoms with Crippen molar-refractivity contribution in [3.05, 3.63) is 11.4 Å². The number of rotatable bonds is 6. The molecule has 7 nitrogen and oxygen atoms in total. The maximum Gasteiger partial charge on any atom is 0.360 e. The molecule has 0 bridgehead atoms. The SMILES string of the molecule is CCOC(=O)c1nnn(CC(N)=O)c1CC(C)C. The Kier molecular flexibility index (Phi) is 4.82. The molecule has 1 rings (SSSR count). The molecule has 18 heavy (non-hydrogen) atoms. The van der Waals surface area contributed by atoms with Gasteiger partial charge in [0, 0.05) is 0 Å². The zero-order valence-corrected chi connectivity index (χ0v) is 10.8. The van der Waals surface area contributed by atoms with Gasteiger partial charge in [-0.05, 0) is 19.3 Å². The molecule has 0 aliphatic rings. The van der Waals surface area contributed by atoms with Crippen LogP contribution in [0.2, 0.25) is 0 Å². The topological polar surface area (TPSA) is 100 Å². The number of nitrogens with zero attached hydrogens (tertiary/aromatic N) is 3. The second-order valence-electron chi connectivity index (χ2n) is 4.33. The van der Waals surface area contributed by atoms with Crippen molar-refractivity contribution in [3.8, 4) is 0 Å². The number of carbonyl (C=O) groups excluding carboxylic acids is 2. The van der Waals surface area contributed by atoms with Crippen molar-refractivity contribution in [1.29, 1.82) is 0 Å². The molecular formula is C11H18N4O3. The van der Waals surface area contributed by atoms with Gasteiger partial charge in [0.2, 0.25) is 5.91 Å². The Morgan fingerprint density at radius 2 is 2.11 bits per heavy atom. The van der Waals surface area contributed by atoms with E-state index in [1.165, 1.54) is 4.68 Å². The largest absolute Gasteiger partial charge is 0.461 e. The normalized spacial score (nSPS) is 10.7. The van der Waals surface area contributed by atoms with E-state index in [1.807, 2.05) is 13.8 Å². The number of ether oxygens (including phenoxy) is 1. The molecule has 0 aliphatic heterocycles. The molecule has 0 saturated carbocycles. The van der Waals surface area contributed by atoms with E-state index in [0.717, 1.165) is 0 Å². The molecule has 7 heteroatoms. The van der Waals surface area contributed by atoms with Crippen LogP contribution in [0.3, 0.4) is 0 Å². The van der Waals surface area contributed by atoms with Crippen molar-refractivity contribution in [2.45, 2.75) is 33.7 Å². The summed E-state index contributed by atoms with van der Waals surface area (Å²) >= 11 is 0. The molecule has 1 heterocycles. The Hall–Kier alpha value is -1.92. The average molecular weight is 254 g/mol. The van der Waals surface area contributed by atoms with Crippen LogP contribution in [0.5, 0.6) is 0 Å². The molecule has 0 aliphatic carbocycles. The Labute approximate surface area is 105 Å². The van der Waals surface area contributed by atoms with Gasteiger partial charge in [0.15, 0.2) is 5.69 Å². The molecule has 2 N–H and O–H groups in total. The van der Waals surface area contributed by atoms with Crippen LogP contribution in [-0.4, -0.2) is 33.5 Å². The fraction of sp³-hybridized carbons (Fsp3) is 0.636. The Morgan fingerprint density at radius 3 is 2.61 bits per heavy atom. The number of hydrogen-bond donors (Lipinski definition) is 1. The van der Waals surface area contributed by atoms with Crippen LogP contribution in [0.15, 0.2) is 0 Å². The predicted molar refractivity (Wildman–Crippen MR) is 63.7 cm³/mol. The first-order chi connectivity index (χ1) is 8.45. The number of esters is 1. The smallest absolute Gasteiger partial charge is 0.360 e. The fourth-order valence-corrected chi connectivity index (χ4v) is 1.55. The first-order valence-electron chi connectivity index (χ1n) is 5.83. The van der Waals surface area contributed by atoms with Crippen molar-refractivity contribution in [2.75, 3.05) is 6.61 Å². The van der Waals surface area contributed by atoms with Gasteiger partial charge in [0.1, 0.15) is 6.54 Å². The standard InChI is InChI=1S/C11H18N4O3/c1-4-18-11(17)10-8(5-7(2)3)15(14-13-10)6-9(12)16/h7H,4-6H2,1-3H3,(H2,12,16). The lowest BCUT2D eigenvalue weighted by Gasteiger charge is -2.08. The van der Waals surface area contributed by atoms with Crippen LogP contribution in [0.25, 0.3) is 0 Å². The third-order valence-corrected chi connectivity index (χ3v) is 2.21. The summed E-state index contributed by atoms with van der Waals surface area (Å²) in [4.78, 5) is 22.6. The average Bonchev–Trinajstić information content (AvgIpc) is 2.60. The molecule has 0 aromatic carbocycles. The number of hydrogen-bond acceptors (Lipinski definition) is 5. The molecule has 0 saturated heterocycles. The van der Waals surface area contributed by atoms with Crippen molar-refractivity contribution in [2.24, 2.45) is 11.7 Å². The summed E-state index contributed by atoms with van der Waals surface area (Å²) in [5, 5.41) is 7.55. The monoisotopic (exact) mass is 254 g/mol. The summed E-state index contributed by atoms with van der Waals surface area (Å²) in [6, 6.07) is 0. The first kappa shape index (κ1) is 14.1. The van der Waals surface area contributed by atoms with E-state index in [4.69, 9.17) is 10.5 Å². The van der Waals surface area contributed by atoms with Gasteiger partial charge in [-0.25, -0.2) is 9.48 Å². The van der Waals surface area contributed by atoms with Gasteiger partial charge >= 0.3 is 5.97 Å². The summed E-state index contributed by atoms with van der Waals surface area (Å²) in [6.45, 7) is 5.89. The Balaban J connectivity index is 3.06. The summed E-state index contributed by atoms with van der Waals surface area (Å²) in [6.07, 6.45) is 0.578. The van der Waals surface area contributed by atoms with Crippen LogP contribution >= 0.6 is 0 Å². The van der Waals surface area contributed by atoms with Crippen molar-refractivity contribution < 1.29 is 14.3 Å². The predicted octanol–water partition coefficient (Wildman–Crippen LogP) is 0.139. The molecule has 0 atom stereocenters. The van der Waals surface area contributed by atoms with Gasteiger partial charge < -0.3 is 10.5 Å². The van der Waals surface area contributed by atoms with Gasteiger partial charge in [-0.3, -0.25) is 4.79 Å². The Bertz CT molecular complexity index is 439. The highest BCUT2D eigenvalue weighted by Gasteiger charge is 2.22. The number of nitrogens with two attached hydrogens (primary N) is 1. The summed E-state index contributed by atoms with van der Waals surface area (Å²) in [5.74, 6) is -0.757. The van der Waals surface area contributed by atoms with Gasteiger partial charge in [-0.15, -0.1) is 5.10 Å². The minimum Gasteiger partial charge on any atom is -0.461 e. The van der Waals surface area contributed by atoms with Gasteiger partial charge in [0.05, 0.1) is 12.3 Å². The van der Waals surface area contributed by atoms with E-state index >= 15 is 0 Å². The third-order valence-electron chi connectivity index (χ3n) is 2.21. The molecule has 1 aromatic heterocycles. The number of primary amides is 1. The highest BCUT2D eigenvalue weighted by atomic mass is 16.5. The summed E-state index contributed by atoms with van der Waals surface area (Å²) in [7, 11) is 0. The lowest BCUT2D eigenvalue weighted by Crippen LogP contribution is -2.22. The van der Waals surface area contributed by atoms with Crippen LogP contribution in [-0.2, 0) is 22.5 Å². The molecule has 0 unspecified atom stereocenters. The molecule has 0 radical (unpaired) electrons. The third kappa shape index (κ3) is 3.54. The van der Waals surface area contributed by atoms with Crippen LogP contribution in [0, 0.1) is 5.92 Å². The molecule has 1 aromatic rings. The van der Waals surface area contributed by atoms with Gasteiger partial charge in [-0.1, -0.05) is 19.1 Å². The quantitative estimate of drug-likeness (QED) is 0.728. The fourth-order valence-electron chi connectivity index (χ4n) is 1.55. The molecule has 1 amide bonds. The highest BCUT2D eigenvalue weighted by Crippen LogP contribution is 2.13. The van der Waals surface area contributed by atoms with Gasteiger partial charge in [0.25, 0.3) is 0 Å². The summed E-state index contributed by atoms with van der Waals surface area (Å²) < 4.78 is 6.25. The zero-order chi connectivity index (χ0) is 13.7. The van der Waals surface area contributed by atoms with Gasteiger partial charge in [-0.2, -0.15) is 0 Å². The summed E-state index contributed by atoms with van der Waals surface area (Å²) in [5.41, 5.74) is 5.87. The van der Waals surface area contributed by atoms with E-state index in [2.05, 4.69) is 10.3 Å². The minimum absolute atomic E-state index is 0.0888. The first-order valence-corrected chi connectivity index (χ1v) is 5.83. The highest BCUT2D eigenvalue weighted by molar-refractivity contribution is 5.88. The van der Waals surface area contributed by atoms with Crippen LogP contribution in [0.4, 0.5) is 0 Å². The molecular weight excluding hydrogens is 236 g/mol. The van der Waals surface area contributed by atoms with Crippen molar-refractivity contribution in [3.63, 3.8) is 0 Å². The molecule has 100 valence electrons. The Morgan fingerprint density at radius 1 is 1.44 bits per heavy atom. The molecule has 0 fully saturated rings. The molecule has 0 spiro atoms. The van der Waals surface area contributed by atoms with Crippen molar-refractivity contribution >= 4 is 11.9 Å². The van der Waals surface area contributed by atoms with E-state index < -0.39 is 11.9 Å². The van der Waals surface area contributed by atoms with Crippen LogP contribution < -0.4 is 5.73 Å². The van der Waals surface area contributed by atoms with E-state index in [9.17, 15) is 9.59 Å². The maximum atomic E-state index is 11.7. The van der Waals surface area contributed by atoms with E-state index in [1.54, 1.807) is 6.92 Å². The lowest BCUT2D eigenvalue weighted by molar-refractivity contribution is -0.118. The van der Waals surface area contributed by atoms with E-state index in [0.29, 0.717) is 18.0 Å². The van der Waals surface area contributed by atoms with E-state index in [-0.39, 0.29) is 18.8 Å². The second kappa shape index (κ2) is 6.13. The van der Waals surface area contributed by atoms with Crippen molar-refractivity contribution in [1.82, 2.24) is 15.0 Å². The minimum atomic E-state index is -0.527.